The summed E-state index contributed by atoms with van der Waals surface area (Å²) in [5.74, 6) is -2.22. The van der Waals surface area contributed by atoms with Gasteiger partial charge >= 0.3 is 5.97 Å². The van der Waals surface area contributed by atoms with Crippen LogP contribution in [-0.4, -0.2) is 21.0 Å². The molecule has 18 heavy (non-hydrogen) atoms. The van der Waals surface area contributed by atoms with Gasteiger partial charge in [0.1, 0.15) is 17.5 Å². The highest BCUT2D eigenvalue weighted by Gasteiger charge is 2.08. The smallest absolute Gasteiger partial charge is 0.328 e. The molecule has 0 atom stereocenters. The van der Waals surface area contributed by atoms with Crippen LogP contribution in [0.5, 0.6) is 0 Å². The molecule has 2 aromatic rings. The van der Waals surface area contributed by atoms with Crippen molar-refractivity contribution < 1.29 is 18.7 Å². The summed E-state index contributed by atoms with van der Waals surface area (Å²) >= 11 is 0. The average molecular weight is 250 g/mol. The first-order valence-electron chi connectivity index (χ1n) is 4.97. The molecule has 0 aliphatic heterocycles. The molecule has 1 aromatic heterocycles. The van der Waals surface area contributed by atoms with E-state index in [4.69, 9.17) is 5.11 Å². The summed E-state index contributed by atoms with van der Waals surface area (Å²) < 4.78 is 26.2. The molecular formula is C12H8F2N2O2. The van der Waals surface area contributed by atoms with Crippen molar-refractivity contribution in [1.82, 2.24) is 9.97 Å². The van der Waals surface area contributed by atoms with Crippen molar-refractivity contribution in [1.29, 1.82) is 0 Å². The number of carboxylic acids is 1. The van der Waals surface area contributed by atoms with E-state index in [-0.39, 0.29) is 11.4 Å². The van der Waals surface area contributed by atoms with Crippen LogP contribution in [0.2, 0.25) is 0 Å². The first-order chi connectivity index (χ1) is 8.56. The van der Waals surface area contributed by atoms with E-state index < -0.39 is 17.6 Å². The third-order valence-electron chi connectivity index (χ3n) is 2.20. The maximum atomic E-state index is 13.5. The fraction of sp³-hybridized carbons (Fsp3) is 0. The Hall–Kier alpha value is -2.50. The summed E-state index contributed by atoms with van der Waals surface area (Å²) in [5.41, 5.74) is 0.511. The van der Waals surface area contributed by atoms with Gasteiger partial charge in [0.05, 0.1) is 11.9 Å². The minimum absolute atomic E-state index is 0.166. The predicted octanol–water partition coefficient (Wildman–Crippen LogP) is 2.45. The molecule has 1 heterocycles. The van der Waals surface area contributed by atoms with Gasteiger partial charge in [-0.15, -0.1) is 0 Å². The van der Waals surface area contributed by atoms with Crippen molar-refractivity contribution in [3.05, 3.63) is 47.9 Å². The number of aliphatic carboxylic acids is 1. The highest BCUT2D eigenvalue weighted by atomic mass is 19.1. The summed E-state index contributed by atoms with van der Waals surface area (Å²) in [4.78, 5) is 16.9. The molecule has 2 N–H and O–H groups in total. The Labute approximate surface area is 101 Å². The van der Waals surface area contributed by atoms with Gasteiger partial charge in [-0.1, -0.05) is 0 Å². The standard InChI is InChI=1S/C12H8F2N2O2/c13-7-1-2-8(9(14)5-7)10-6-15-11(16-10)3-4-12(17)18/h1-6H,(H,15,16)(H,17,18)/b4-3+. The number of aromatic nitrogens is 2. The fourth-order valence-electron chi connectivity index (χ4n) is 1.42. The minimum atomic E-state index is -1.11. The quantitative estimate of drug-likeness (QED) is 0.822. The SMILES string of the molecule is O=C(O)/C=C/c1ncc(-c2ccc(F)cc2F)[nH]1. The van der Waals surface area contributed by atoms with Crippen LogP contribution >= 0.6 is 0 Å². The maximum absolute atomic E-state index is 13.5. The van der Waals surface area contributed by atoms with E-state index in [1.807, 2.05) is 0 Å². The lowest BCUT2D eigenvalue weighted by molar-refractivity contribution is -0.131. The first-order valence-corrected chi connectivity index (χ1v) is 4.97. The molecule has 0 aliphatic carbocycles. The van der Waals surface area contributed by atoms with Gasteiger partial charge in [-0.2, -0.15) is 0 Å². The maximum Gasteiger partial charge on any atom is 0.328 e. The minimum Gasteiger partial charge on any atom is -0.478 e. The Kier molecular flexibility index (Phi) is 3.18. The number of rotatable bonds is 3. The van der Waals surface area contributed by atoms with Crippen LogP contribution < -0.4 is 0 Å². The van der Waals surface area contributed by atoms with Gasteiger partial charge < -0.3 is 10.1 Å². The van der Waals surface area contributed by atoms with Crippen LogP contribution in [0.4, 0.5) is 8.78 Å². The molecule has 0 saturated carbocycles. The van der Waals surface area contributed by atoms with Crippen molar-refractivity contribution in [3.63, 3.8) is 0 Å². The molecule has 0 radical (unpaired) electrons. The molecule has 6 heteroatoms. The van der Waals surface area contributed by atoms with Gasteiger partial charge in [0.25, 0.3) is 0 Å². The van der Waals surface area contributed by atoms with Gasteiger partial charge in [0.2, 0.25) is 0 Å². The molecule has 0 fully saturated rings. The van der Waals surface area contributed by atoms with E-state index in [0.717, 1.165) is 18.2 Å². The number of carboxylic acid groups (broad SMARTS) is 1. The largest absolute Gasteiger partial charge is 0.478 e. The number of nitrogens with zero attached hydrogens (tertiary/aromatic N) is 1. The van der Waals surface area contributed by atoms with Gasteiger partial charge in [-0.3, -0.25) is 0 Å². The van der Waals surface area contributed by atoms with Crippen molar-refractivity contribution in [2.75, 3.05) is 0 Å². The van der Waals surface area contributed by atoms with E-state index in [1.54, 1.807) is 0 Å². The molecule has 0 saturated heterocycles. The first kappa shape index (κ1) is 12.0. The molecule has 0 unspecified atom stereocenters. The van der Waals surface area contributed by atoms with E-state index in [1.165, 1.54) is 18.3 Å². The van der Waals surface area contributed by atoms with Gasteiger partial charge in [-0.05, 0) is 18.2 Å². The molecule has 0 spiro atoms. The highest BCUT2D eigenvalue weighted by molar-refractivity contribution is 5.84. The van der Waals surface area contributed by atoms with E-state index in [0.29, 0.717) is 5.69 Å². The van der Waals surface area contributed by atoms with Crippen molar-refractivity contribution in [2.45, 2.75) is 0 Å². The number of halogens is 2. The van der Waals surface area contributed by atoms with Crippen LogP contribution in [0.25, 0.3) is 17.3 Å². The summed E-state index contributed by atoms with van der Waals surface area (Å²) in [6.07, 6.45) is 3.49. The lowest BCUT2D eigenvalue weighted by atomic mass is 10.1. The van der Waals surface area contributed by atoms with Crippen molar-refractivity contribution in [3.8, 4) is 11.3 Å². The number of aromatic amines is 1. The van der Waals surface area contributed by atoms with Gasteiger partial charge in [-0.25, -0.2) is 18.6 Å². The normalized spacial score (nSPS) is 11.0. The van der Waals surface area contributed by atoms with Crippen LogP contribution in [0, 0.1) is 11.6 Å². The van der Waals surface area contributed by atoms with E-state index in [9.17, 15) is 13.6 Å². The predicted molar refractivity (Wildman–Crippen MR) is 60.6 cm³/mol. The third-order valence-corrected chi connectivity index (χ3v) is 2.20. The van der Waals surface area contributed by atoms with E-state index >= 15 is 0 Å². The monoisotopic (exact) mass is 250 g/mol. The number of nitrogens with one attached hydrogen (secondary N) is 1. The Morgan fingerprint density at radius 3 is 2.83 bits per heavy atom. The van der Waals surface area contributed by atoms with Crippen molar-refractivity contribution in [2.24, 2.45) is 0 Å². The van der Waals surface area contributed by atoms with Crippen LogP contribution in [0.15, 0.2) is 30.5 Å². The number of hydrogen-bond acceptors (Lipinski definition) is 2. The Balaban J connectivity index is 2.32. The zero-order chi connectivity index (χ0) is 13.1. The number of H-pyrrole nitrogens is 1. The third kappa shape index (κ3) is 2.60. The Morgan fingerprint density at radius 1 is 1.39 bits per heavy atom. The number of imidazole rings is 1. The molecular weight excluding hydrogens is 242 g/mol. The second-order valence-corrected chi connectivity index (χ2v) is 3.48. The topological polar surface area (TPSA) is 66.0 Å². The molecule has 1 aromatic carbocycles. The zero-order valence-electron chi connectivity index (χ0n) is 9.02. The molecule has 0 amide bonds. The van der Waals surface area contributed by atoms with Gasteiger partial charge in [0.15, 0.2) is 0 Å². The molecule has 0 aliphatic rings. The molecule has 4 nitrogen and oxygen atoms in total. The highest BCUT2D eigenvalue weighted by Crippen LogP contribution is 2.21. The number of benzene rings is 1. The van der Waals surface area contributed by atoms with E-state index in [2.05, 4.69) is 9.97 Å². The summed E-state index contributed by atoms with van der Waals surface area (Å²) in [6, 6.07) is 3.18. The summed E-state index contributed by atoms with van der Waals surface area (Å²) in [7, 11) is 0. The average Bonchev–Trinajstić information content (AvgIpc) is 2.75. The van der Waals surface area contributed by atoms with Crippen molar-refractivity contribution >= 4 is 12.0 Å². The number of hydrogen-bond donors (Lipinski definition) is 2. The zero-order valence-corrected chi connectivity index (χ0v) is 9.02. The lowest BCUT2D eigenvalue weighted by Crippen LogP contribution is -1.87. The molecule has 92 valence electrons. The second kappa shape index (κ2) is 4.79. The fourth-order valence-corrected chi connectivity index (χ4v) is 1.42. The number of carbonyl (C=O) groups is 1. The molecule has 2 rings (SSSR count). The van der Waals surface area contributed by atoms with Crippen LogP contribution in [0.1, 0.15) is 5.82 Å². The van der Waals surface area contributed by atoms with Crippen LogP contribution in [-0.2, 0) is 4.79 Å². The Bertz CT molecular complexity index is 620. The van der Waals surface area contributed by atoms with Crippen LogP contribution in [0.3, 0.4) is 0 Å². The molecule has 0 bridgehead atoms. The lowest BCUT2D eigenvalue weighted by Gasteiger charge is -1.99. The summed E-state index contributed by atoms with van der Waals surface area (Å²) in [5, 5.41) is 8.44. The van der Waals surface area contributed by atoms with Gasteiger partial charge in [0, 0.05) is 17.7 Å². The summed E-state index contributed by atoms with van der Waals surface area (Å²) in [6.45, 7) is 0. The Morgan fingerprint density at radius 2 is 2.17 bits per heavy atom. The second-order valence-electron chi connectivity index (χ2n) is 3.48.